The zero-order valence-corrected chi connectivity index (χ0v) is 14.0. The molecule has 0 spiro atoms. The molecule has 1 unspecified atom stereocenters. The summed E-state index contributed by atoms with van der Waals surface area (Å²) in [6, 6.07) is 29.5. The summed E-state index contributed by atoms with van der Waals surface area (Å²) in [6.45, 7) is 0.830. The average Bonchev–Trinajstić information content (AvgIpc) is 2.67. The molecule has 3 aromatic carbocycles. The van der Waals surface area contributed by atoms with Crippen molar-refractivity contribution in [3.8, 4) is 5.75 Å². The number of hydrogen-bond donors (Lipinski definition) is 1. The van der Waals surface area contributed by atoms with Crippen molar-refractivity contribution in [2.75, 3.05) is 7.11 Å². The lowest BCUT2D eigenvalue weighted by Gasteiger charge is -2.22. The fourth-order valence-corrected chi connectivity index (χ4v) is 2.93. The van der Waals surface area contributed by atoms with Crippen molar-refractivity contribution in [3.63, 3.8) is 0 Å². The molecule has 0 aliphatic carbocycles. The SMILES string of the molecule is COc1ccccc1C(Cc1ccccc1)NCc1ccccc1. The minimum atomic E-state index is 0.198. The highest BCUT2D eigenvalue weighted by Crippen LogP contribution is 2.27. The highest BCUT2D eigenvalue weighted by atomic mass is 16.5. The zero-order chi connectivity index (χ0) is 16.6. The van der Waals surface area contributed by atoms with Crippen LogP contribution < -0.4 is 10.1 Å². The molecule has 1 atom stereocenters. The van der Waals surface area contributed by atoms with Crippen LogP contribution in [0.3, 0.4) is 0 Å². The molecule has 0 heterocycles. The third kappa shape index (κ3) is 4.24. The molecule has 0 aliphatic heterocycles. The number of benzene rings is 3. The summed E-state index contributed by atoms with van der Waals surface area (Å²) in [6.07, 6.45) is 0.925. The molecule has 0 radical (unpaired) electrons. The lowest BCUT2D eigenvalue weighted by atomic mass is 9.97. The van der Waals surface area contributed by atoms with Gasteiger partial charge in [-0.3, -0.25) is 0 Å². The van der Waals surface area contributed by atoms with Crippen LogP contribution in [0.25, 0.3) is 0 Å². The van der Waals surface area contributed by atoms with Gasteiger partial charge in [0, 0.05) is 18.2 Å². The second-order valence-corrected chi connectivity index (χ2v) is 5.85. The van der Waals surface area contributed by atoms with E-state index >= 15 is 0 Å². The lowest BCUT2D eigenvalue weighted by Crippen LogP contribution is -2.23. The topological polar surface area (TPSA) is 21.3 Å². The Bertz CT molecular complexity index is 740. The summed E-state index contributed by atoms with van der Waals surface area (Å²) in [5, 5.41) is 3.70. The predicted molar refractivity (Wildman–Crippen MR) is 99.2 cm³/mol. The predicted octanol–water partition coefficient (Wildman–Crippen LogP) is 4.77. The number of nitrogens with one attached hydrogen (secondary N) is 1. The van der Waals surface area contributed by atoms with Crippen molar-refractivity contribution in [3.05, 3.63) is 102 Å². The van der Waals surface area contributed by atoms with Gasteiger partial charge in [0.1, 0.15) is 5.75 Å². The summed E-state index contributed by atoms with van der Waals surface area (Å²) in [4.78, 5) is 0. The molecule has 24 heavy (non-hydrogen) atoms. The van der Waals surface area contributed by atoms with Gasteiger partial charge in [-0.05, 0) is 23.6 Å². The highest BCUT2D eigenvalue weighted by Gasteiger charge is 2.16. The minimum Gasteiger partial charge on any atom is -0.496 e. The van der Waals surface area contributed by atoms with Gasteiger partial charge in [0.2, 0.25) is 0 Å². The molecule has 0 amide bonds. The molecule has 3 aromatic rings. The van der Waals surface area contributed by atoms with E-state index in [0.717, 1.165) is 18.7 Å². The van der Waals surface area contributed by atoms with E-state index in [9.17, 15) is 0 Å². The van der Waals surface area contributed by atoms with Crippen LogP contribution in [-0.4, -0.2) is 7.11 Å². The quantitative estimate of drug-likeness (QED) is 0.678. The normalized spacial score (nSPS) is 11.9. The van der Waals surface area contributed by atoms with Gasteiger partial charge < -0.3 is 10.1 Å². The maximum atomic E-state index is 5.58. The summed E-state index contributed by atoms with van der Waals surface area (Å²) in [7, 11) is 1.73. The number of ether oxygens (including phenoxy) is 1. The molecule has 0 saturated heterocycles. The average molecular weight is 317 g/mol. The fourth-order valence-electron chi connectivity index (χ4n) is 2.93. The number of hydrogen-bond acceptors (Lipinski definition) is 2. The third-order valence-corrected chi connectivity index (χ3v) is 4.19. The van der Waals surface area contributed by atoms with Crippen molar-refractivity contribution in [2.24, 2.45) is 0 Å². The first-order chi connectivity index (χ1) is 11.9. The Balaban J connectivity index is 1.83. The van der Waals surface area contributed by atoms with Crippen LogP contribution in [0.5, 0.6) is 5.75 Å². The van der Waals surface area contributed by atoms with E-state index in [1.165, 1.54) is 16.7 Å². The Morgan fingerprint density at radius 2 is 1.33 bits per heavy atom. The Kier molecular flexibility index (Phi) is 5.65. The molecular weight excluding hydrogens is 294 g/mol. The smallest absolute Gasteiger partial charge is 0.123 e. The van der Waals surface area contributed by atoms with Gasteiger partial charge >= 0.3 is 0 Å². The summed E-state index contributed by atoms with van der Waals surface area (Å²) in [5.41, 5.74) is 3.79. The van der Waals surface area contributed by atoms with Crippen LogP contribution in [0, 0.1) is 0 Å². The van der Waals surface area contributed by atoms with Gasteiger partial charge in [-0.2, -0.15) is 0 Å². The molecule has 0 saturated carbocycles. The first-order valence-electron chi connectivity index (χ1n) is 8.31. The molecule has 3 rings (SSSR count). The minimum absolute atomic E-state index is 0.198. The first-order valence-corrected chi connectivity index (χ1v) is 8.31. The molecule has 1 N–H and O–H groups in total. The van der Waals surface area contributed by atoms with Crippen molar-refractivity contribution < 1.29 is 4.74 Å². The van der Waals surface area contributed by atoms with Crippen LogP contribution in [0.15, 0.2) is 84.9 Å². The van der Waals surface area contributed by atoms with E-state index in [1.807, 2.05) is 18.2 Å². The van der Waals surface area contributed by atoms with E-state index in [4.69, 9.17) is 4.74 Å². The summed E-state index contributed by atoms with van der Waals surface area (Å²) >= 11 is 0. The first kappa shape index (κ1) is 16.3. The molecule has 2 nitrogen and oxygen atoms in total. The van der Waals surface area contributed by atoms with Crippen LogP contribution >= 0.6 is 0 Å². The van der Waals surface area contributed by atoms with E-state index in [-0.39, 0.29) is 6.04 Å². The second-order valence-electron chi connectivity index (χ2n) is 5.85. The third-order valence-electron chi connectivity index (χ3n) is 4.19. The van der Waals surface area contributed by atoms with Crippen molar-refractivity contribution >= 4 is 0 Å². The molecule has 0 aliphatic rings. The Morgan fingerprint density at radius 3 is 2.00 bits per heavy atom. The van der Waals surface area contributed by atoms with Crippen molar-refractivity contribution in [2.45, 2.75) is 19.0 Å². The van der Waals surface area contributed by atoms with Crippen molar-refractivity contribution in [1.29, 1.82) is 0 Å². The number of rotatable bonds is 7. The zero-order valence-electron chi connectivity index (χ0n) is 14.0. The van der Waals surface area contributed by atoms with E-state index < -0.39 is 0 Å². The van der Waals surface area contributed by atoms with E-state index in [2.05, 4.69) is 72.0 Å². The lowest BCUT2D eigenvalue weighted by molar-refractivity contribution is 0.398. The van der Waals surface area contributed by atoms with E-state index in [1.54, 1.807) is 7.11 Å². The van der Waals surface area contributed by atoms with Gasteiger partial charge in [0.25, 0.3) is 0 Å². The molecule has 0 bridgehead atoms. The van der Waals surface area contributed by atoms with Gasteiger partial charge in [-0.25, -0.2) is 0 Å². The maximum absolute atomic E-state index is 5.58. The second kappa shape index (κ2) is 8.32. The number of para-hydroxylation sites is 1. The molecule has 122 valence electrons. The largest absolute Gasteiger partial charge is 0.496 e. The Labute approximate surface area is 144 Å². The summed E-state index contributed by atoms with van der Waals surface area (Å²) in [5.74, 6) is 0.930. The Hall–Kier alpha value is -2.58. The van der Waals surface area contributed by atoms with Crippen molar-refractivity contribution in [1.82, 2.24) is 5.32 Å². The maximum Gasteiger partial charge on any atom is 0.123 e. The van der Waals surface area contributed by atoms with Crippen LogP contribution in [-0.2, 0) is 13.0 Å². The van der Waals surface area contributed by atoms with Crippen LogP contribution in [0.2, 0.25) is 0 Å². The van der Waals surface area contributed by atoms with Crippen LogP contribution in [0.1, 0.15) is 22.7 Å². The monoisotopic (exact) mass is 317 g/mol. The van der Waals surface area contributed by atoms with Gasteiger partial charge in [0.15, 0.2) is 0 Å². The van der Waals surface area contributed by atoms with Gasteiger partial charge in [0.05, 0.1) is 7.11 Å². The standard InChI is InChI=1S/C22H23NO/c1-24-22-15-9-8-14-20(22)21(16-18-10-4-2-5-11-18)23-17-19-12-6-3-7-13-19/h2-15,21,23H,16-17H2,1H3. The van der Waals surface area contributed by atoms with Crippen LogP contribution in [0.4, 0.5) is 0 Å². The van der Waals surface area contributed by atoms with Gasteiger partial charge in [-0.1, -0.05) is 78.9 Å². The number of methoxy groups -OCH3 is 1. The van der Waals surface area contributed by atoms with Gasteiger partial charge in [-0.15, -0.1) is 0 Å². The Morgan fingerprint density at radius 1 is 0.750 bits per heavy atom. The molecule has 0 aromatic heterocycles. The molecule has 0 fully saturated rings. The fraction of sp³-hybridized carbons (Fsp3) is 0.182. The van der Waals surface area contributed by atoms with E-state index in [0.29, 0.717) is 0 Å². The molecule has 2 heteroatoms. The molecular formula is C22H23NO. The summed E-state index contributed by atoms with van der Waals surface area (Å²) < 4.78 is 5.58. The highest BCUT2D eigenvalue weighted by molar-refractivity contribution is 5.37.